The second-order valence-electron chi connectivity index (χ2n) is 4.29. The van der Waals surface area contributed by atoms with Gasteiger partial charge in [-0.3, -0.25) is 4.79 Å². The largest absolute Gasteiger partial charge is 0.508 e. The average molecular weight is 286 g/mol. The van der Waals surface area contributed by atoms with Gasteiger partial charge in [0.05, 0.1) is 0 Å². The molecule has 0 radical (unpaired) electrons. The third kappa shape index (κ3) is 3.55. The Balaban J connectivity index is 2.01. The first-order valence-electron chi connectivity index (χ1n) is 6.02. The lowest BCUT2D eigenvalue weighted by Crippen LogP contribution is -2.22. The molecule has 5 heteroatoms. The highest BCUT2D eigenvalue weighted by Crippen LogP contribution is 2.10. The monoisotopic (exact) mass is 286 g/mol. The first-order valence-corrected chi connectivity index (χ1v) is 6.43. The molecule has 0 saturated carbocycles. The Bertz CT molecular complexity index is 639. The molecule has 0 aromatic heterocycles. The van der Waals surface area contributed by atoms with Crippen molar-refractivity contribution < 1.29 is 9.90 Å². The van der Waals surface area contributed by atoms with Crippen LogP contribution in [0.4, 0.5) is 0 Å². The summed E-state index contributed by atoms with van der Waals surface area (Å²) in [6.07, 6.45) is 0. The maximum Gasteiger partial charge on any atom is 0.251 e. The Morgan fingerprint density at radius 3 is 2.50 bits per heavy atom. The van der Waals surface area contributed by atoms with Gasteiger partial charge in [-0.25, -0.2) is 0 Å². The maximum atomic E-state index is 11.9. The fraction of sp³-hybridized carbons (Fsp3) is 0.0667. The Labute approximate surface area is 122 Å². The molecule has 0 saturated heterocycles. The molecule has 0 unspecified atom stereocenters. The van der Waals surface area contributed by atoms with Gasteiger partial charge in [0.2, 0.25) is 0 Å². The summed E-state index contributed by atoms with van der Waals surface area (Å²) in [6, 6.07) is 13.5. The van der Waals surface area contributed by atoms with E-state index in [4.69, 9.17) is 18.0 Å². The van der Waals surface area contributed by atoms with Gasteiger partial charge < -0.3 is 16.2 Å². The quantitative estimate of drug-likeness (QED) is 0.751. The molecule has 0 fully saturated rings. The van der Waals surface area contributed by atoms with Crippen molar-refractivity contribution in [1.29, 1.82) is 0 Å². The zero-order valence-corrected chi connectivity index (χ0v) is 11.5. The van der Waals surface area contributed by atoms with Crippen LogP contribution >= 0.6 is 12.2 Å². The highest BCUT2D eigenvalue weighted by atomic mass is 32.1. The van der Waals surface area contributed by atoms with Crippen LogP contribution in [0.5, 0.6) is 5.75 Å². The normalized spacial score (nSPS) is 10.0. The molecule has 2 aromatic rings. The number of phenolic OH excluding ortho intramolecular Hbond substituents is 1. The molecule has 2 aromatic carbocycles. The van der Waals surface area contributed by atoms with E-state index >= 15 is 0 Å². The zero-order valence-electron chi connectivity index (χ0n) is 10.7. The summed E-state index contributed by atoms with van der Waals surface area (Å²) in [5, 5.41) is 12.0. The van der Waals surface area contributed by atoms with Gasteiger partial charge in [0.1, 0.15) is 10.7 Å². The van der Waals surface area contributed by atoms with Gasteiger partial charge in [-0.2, -0.15) is 0 Å². The molecule has 4 N–H and O–H groups in total. The molecule has 0 heterocycles. The van der Waals surface area contributed by atoms with E-state index in [1.807, 2.05) is 24.3 Å². The van der Waals surface area contributed by atoms with E-state index in [0.717, 1.165) is 11.1 Å². The second-order valence-corrected chi connectivity index (χ2v) is 4.73. The third-order valence-corrected chi connectivity index (χ3v) is 3.03. The fourth-order valence-corrected chi connectivity index (χ4v) is 1.86. The van der Waals surface area contributed by atoms with Crippen LogP contribution in [0.2, 0.25) is 0 Å². The molecule has 102 valence electrons. The van der Waals surface area contributed by atoms with Crippen LogP contribution in [0.1, 0.15) is 21.5 Å². The van der Waals surface area contributed by atoms with Crippen LogP contribution in [-0.4, -0.2) is 16.0 Å². The number of hydrogen-bond acceptors (Lipinski definition) is 3. The van der Waals surface area contributed by atoms with Crippen molar-refractivity contribution in [2.45, 2.75) is 6.54 Å². The minimum atomic E-state index is -0.203. The smallest absolute Gasteiger partial charge is 0.251 e. The number of nitrogens with one attached hydrogen (secondary N) is 1. The van der Waals surface area contributed by atoms with E-state index in [2.05, 4.69) is 5.32 Å². The SMILES string of the molecule is NC(=S)c1cccc(CNC(=O)c2ccc(O)cc2)c1. The molecule has 0 aliphatic heterocycles. The van der Waals surface area contributed by atoms with Crippen LogP contribution in [0.25, 0.3) is 0 Å². The highest BCUT2D eigenvalue weighted by Gasteiger charge is 2.05. The molecule has 0 spiro atoms. The lowest BCUT2D eigenvalue weighted by molar-refractivity contribution is 0.0951. The number of hydrogen-bond donors (Lipinski definition) is 3. The van der Waals surface area contributed by atoms with Gasteiger partial charge in [-0.05, 0) is 35.9 Å². The standard InChI is InChI=1S/C15H14N2O2S/c16-14(20)12-3-1-2-10(8-12)9-17-15(19)11-4-6-13(18)7-5-11/h1-8,18H,9H2,(H2,16,20)(H,17,19). The summed E-state index contributed by atoms with van der Waals surface area (Å²) in [7, 11) is 0. The van der Waals surface area contributed by atoms with Crippen molar-refractivity contribution in [3.05, 3.63) is 65.2 Å². The maximum absolute atomic E-state index is 11.9. The number of thiocarbonyl (C=S) groups is 1. The van der Waals surface area contributed by atoms with E-state index < -0.39 is 0 Å². The molecule has 20 heavy (non-hydrogen) atoms. The van der Waals surface area contributed by atoms with Crippen molar-refractivity contribution in [3.8, 4) is 5.75 Å². The number of aromatic hydroxyl groups is 1. The Kier molecular flexibility index (Phi) is 4.32. The van der Waals surface area contributed by atoms with Crippen LogP contribution in [0.15, 0.2) is 48.5 Å². The second kappa shape index (κ2) is 6.16. The number of phenols is 1. The Hall–Kier alpha value is -2.40. The summed E-state index contributed by atoms with van der Waals surface area (Å²) in [4.78, 5) is 12.2. The van der Waals surface area contributed by atoms with Crippen LogP contribution in [-0.2, 0) is 6.54 Å². The minimum Gasteiger partial charge on any atom is -0.508 e. The minimum absolute atomic E-state index is 0.130. The lowest BCUT2D eigenvalue weighted by Gasteiger charge is -2.07. The predicted octanol–water partition coefficient (Wildman–Crippen LogP) is 1.96. The van der Waals surface area contributed by atoms with Crippen molar-refractivity contribution in [3.63, 3.8) is 0 Å². The van der Waals surface area contributed by atoms with E-state index in [1.165, 1.54) is 12.1 Å². The van der Waals surface area contributed by atoms with Crippen molar-refractivity contribution >= 4 is 23.1 Å². The molecular weight excluding hydrogens is 272 g/mol. The van der Waals surface area contributed by atoms with Gasteiger partial charge in [-0.1, -0.05) is 30.4 Å². The number of carbonyl (C=O) groups is 1. The number of amides is 1. The van der Waals surface area contributed by atoms with Crippen LogP contribution < -0.4 is 11.1 Å². The summed E-state index contributed by atoms with van der Waals surface area (Å²) in [6.45, 7) is 0.385. The molecule has 0 aliphatic carbocycles. The van der Waals surface area contributed by atoms with Gasteiger partial charge in [-0.15, -0.1) is 0 Å². The van der Waals surface area contributed by atoms with Gasteiger partial charge in [0.25, 0.3) is 5.91 Å². The number of carbonyl (C=O) groups excluding carboxylic acids is 1. The molecule has 0 atom stereocenters. The van der Waals surface area contributed by atoms with Gasteiger partial charge >= 0.3 is 0 Å². The van der Waals surface area contributed by atoms with Crippen LogP contribution in [0, 0.1) is 0 Å². The van der Waals surface area contributed by atoms with Gasteiger partial charge in [0.15, 0.2) is 0 Å². The highest BCUT2D eigenvalue weighted by molar-refractivity contribution is 7.80. The average Bonchev–Trinajstić information content (AvgIpc) is 2.46. The summed E-state index contributed by atoms with van der Waals surface area (Å²) in [5.41, 5.74) is 7.75. The van der Waals surface area contributed by atoms with Crippen molar-refractivity contribution in [2.24, 2.45) is 5.73 Å². The van der Waals surface area contributed by atoms with Crippen molar-refractivity contribution in [2.75, 3.05) is 0 Å². The lowest BCUT2D eigenvalue weighted by atomic mass is 10.1. The molecule has 1 amide bonds. The molecule has 0 bridgehead atoms. The van der Waals surface area contributed by atoms with E-state index in [-0.39, 0.29) is 11.7 Å². The number of rotatable bonds is 4. The molecule has 4 nitrogen and oxygen atoms in total. The summed E-state index contributed by atoms with van der Waals surface area (Å²) >= 11 is 4.91. The predicted molar refractivity (Wildman–Crippen MR) is 81.6 cm³/mol. The molecule has 2 rings (SSSR count). The fourth-order valence-electron chi connectivity index (χ4n) is 1.73. The Morgan fingerprint density at radius 1 is 1.15 bits per heavy atom. The van der Waals surface area contributed by atoms with Gasteiger partial charge in [0, 0.05) is 17.7 Å². The first-order chi connectivity index (χ1) is 9.56. The van der Waals surface area contributed by atoms with E-state index in [9.17, 15) is 9.90 Å². The Morgan fingerprint density at radius 2 is 1.85 bits per heavy atom. The number of benzene rings is 2. The zero-order chi connectivity index (χ0) is 14.5. The third-order valence-electron chi connectivity index (χ3n) is 2.79. The molecular formula is C15H14N2O2S. The van der Waals surface area contributed by atoms with Crippen LogP contribution in [0.3, 0.4) is 0 Å². The molecule has 0 aliphatic rings. The van der Waals surface area contributed by atoms with E-state index in [0.29, 0.717) is 17.1 Å². The van der Waals surface area contributed by atoms with Crippen molar-refractivity contribution in [1.82, 2.24) is 5.32 Å². The summed E-state index contributed by atoms with van der Waals surface area (Å²) < 4.78 is 0. The van der Waals surface area contributed by atoms with E-state index in [1.54, 1.807) is 12.1 Å². The number of nitrogens with two attached hydrogens (primary N) is 1. The first kappa shape index (κ1) is 14.0. The summed E-state index contributed by atoms with van der Waals surface area (Å²) in [5.74, 6) is -0.0727. The topological polar surface area (TPSA) is 75.3 Å².